The molecule has 0 saturated heterocycles. The maximum Gasteiger partial charge on any atom is 0.268 e. The molecule has 0 spiro atoms. The highest BCUT2D eigenvalue weighted by Gasteiger charge is 2.17. The number of hydrogen-bond acceptors (Lipinski definition) is 6. The molecule has 3 rings (SSSR count). The fraction of sp³-hybridized carbons (Fsp3) is 0.296. The first-order valence-electron chi connectivity index (χ1n) is 11.6. The lowest BCUT2D eigenvalue weighted by Crippen LogP contribution is -2.29. The summed E-state index contributed by atoms with van der Waals surface area (Å²) in [5, 5.41) is 13.5. The maximum atomic E-state index is 12.3. The molecule has 0 saturated carbocycles. The van der Waals surface area contributed by atoms with Crippen LogP contribution in [-0.4, -0.2) is 45.4 Å². The first-order valence-corrected chi connectivity index (χ1v) is 13.5. The van der Waals surface area contributed by atoms with Crippen LogP contribution in [0.25, 0.3) is 11.1 Å². The van der Waals surface area contributed by atoms with Crippen molar-refractivity contribution in [3.8, 4) is 16.9 Å². The van der Waals surface area contributed by atoms with Crippen LogP contribution < -0.4 is 14.8 Å². The summed E-state index contributed by atoms with van der Waals surface area (Å²) in [6.07, 6.45) is 2.27. The number of carbonyl (C=O) groups excluding carboxylic acids is 1. The molecule has 1 amide bonds. The van der Waals surface area contributed by atoms with E-state index in [0.717, 1.165) is 42.3 Å². The van der Waals surface area contributed by atoms with Gasteiger partial charge in [-0.3, -0.25) is 4.79 Å². The fourth-order valence-corrected chi connectivity index (χ4v) is 4.15. The van der Waals surface area contributed by atoms with Crippen LogP contribution in [0.4, 0.5) is 0 Å². The largest absolute Gasteiger partial charge is 0.493 e. The molecule has 0 aliphatic carbocycles. The van der Waals surface area contributed by atoms with Crippen molar-refractivity contribution in [2.75, 3.05) is 26.0 Å². The summed E-state index contributed by atoms with van der Waals surface area (Å²) in [5.41, 5.74) is 4.12. The zero-order chi connectivity index (χ0) is 25.3. The number of benzene rings is 3. The van der Waals surface area contributed by atoms with E-state index in [4.69, 9.17) is 4.74 Å². The first kappa shape index (κ1) is 29.3. The molecular weight excluding hydrogens is 500 g/mol. The highest BCUT2D eigenvalue weighted by molar-refractivity contribution is 7.89. The maximum absolute atomic E-state index is 12.3. The molecule has 0 heterocycles. The monoisotopic (exact) mass is 532 g/mol. The molecule has 1 atom stereocenters. The minimum atomic E-state index is -3.67. The molecule has 3 aromatic rings. The predicted molar refractivity (Wildman–Crippen MR) is 145 cm³/mol. The van der Waals surface area contributed by atoms with Gasteiger partial charge in [0.05, 0.1) is 24.5 Å². The Hall–Kier alpha value is -2.91. The van der Waals surface area contributed by atoms with Crippen LogP contribution >= 0.6 is 12.4 Å². The zero-order valence-electron chi connectivity index (χ0n) is 20.4. The number of nitrogens with one attached hydrogen (secondary N) is 2. The molecule has 194 valence electrons. The van der Waals surface area contributed by atoms with E-state index in [0.29, 0.717) is 18.9 Å². The molecule has 0 fully saturated rings. The number of carbonyl (C=O) groups is 1. The van der Waals surface area contributed by atoms with Crippen molar-refractivity contribution < 1.29 is 23.1 Å². The van der Waals surface area contributed by atoms with E-state index in [1.165, 1.54) is 5.56 Å². The van der Waals surface area contributed by atoms with Crippen LogP contribution in [0.3, 0.4) is 0 Å². The second kappa shape index (κ2) is 14.0. The van der Waals surface area contributed by atoms with Crippen LogP contribution in [0.1, 0.15) is 40.9 Å². The Morgan fingerprint density at radius 3 is 2.31 bits per heavy atom. The van der Waals surface area contributed by atoms with Crippen molar-refractivity contribution in [3.63, 3.8) is 0 Å². The van der Waals surface area contributed by atoms with Gasteiger partial charge in [-0.2, -0.15) is 0 Å². The summed E-state index contributed by atoms with van der Waals surface area (Å²) in [4.78, 5) is 12.3. The number of aryl methyl sites for hydroxylation is 1. The third kappa shape index (κ3) is 8.95. The molecule has 0 aliphatic rings. The molecule has 0 radical (unpaired) electrons. The van der Waals surface area contributed by atoms with E-state index in [1.807, 2.05) is 47.2 Å². The van der Waals surface area contributed by atoms with E-state index in [2.05, 4.69) is 17.4 Å². The molecule has 0 aromatic heterocycles. The normalized spacial score (nSPS) is 11.9. The predicted octanol–water partition coefficient (Wildman–Crippen LogP) is 4.12. The summed E-state index contributed by atoms with van der Waals surface area (Å²) in [6, 6.07) is 22.9. The summed E-state index contributed by atoms with van der Waals surface area (Å²) < 4.78 is 30.4. The van der Waals surface area contributed by atoms with Crippen molar-refractivity contribution in [2.24, 2.45) is 0 Å². The van der Waals surface area contributed by atoms with Crippen LogP contribution in [0, 0.1) is 0 Å². The average Bonchev–Trinajstić information content (AvgIpc) is 2.84. The van der Waals surface area contributed by atoms with Crippen molar-refractivity contribution in [1.29, 1.82) is 0 Å². The van der Waals surface area contributed by atoms with Gasteiger partial charge in [-0.25, -0.2) is 13.1 Å². The van der Waals surface area contributed by atoms with E-state index in [-0.39, 0.29) is 18.0 Å². The molecule has 3 aromatic carbocycles. The Bertz CT molecular complexity index is 1220. The van der Waals surface area contributed by atoms with Crippen LogP contribution in [-0.2, 0) is 16.4 Å². The molecule has 3 N–H and O–H groups in total. The van der Waals surface area contributed by atoms with E-state index < -0.39 is 22.0 Å². The molecule has 0 bridgehead atoms. The van der Waals surface area contributed by atoms with Crippen molar-refractivity contribution >= 4 is 28.3 Å². The number of ether oxygens (including phenoxy) is 1. The van der Waals surface area contributed by atoms with Crippen molar-refractivity contribution in [3.05, 3.63) is 89.5 Å². The number of halogens is 1. The lowest BCUT2D eigenvalue weighted by molar-refractivity contribution is 0.0978. The van der Waals surface area contributed by atoms with Gasteiger partial charge in [0.2, 0.25) is 10.0 Å². The van der Waals surface area contributed by atoms with Gasteiger partial charge in [-0.15, -0.1) is 12.4 Å². The number of aliphatic hydroxyl groups excluding tert-OH is 1. The van der Waals surface area contributed by atoms with Gasteiger partial charge in [0.15, 0.2) is 0 Å². The standard InChI is InChI=1S/C27H32N2O5S.ClH/c1-3-34-26-18-23(15-16-24(26)27(31)29-35(2,32)33)21-13-11-20(12-14-21)8-7-17-28-19-25(30)22-9-5-4-6-10-22;/h4-6,9-16,18,25,28,30H,3,7-8,17,19H2,1-2H3,(H,29,31);1H/t25-;/m1./s1. The lowest BCUT2D eigenvalue weighted by atomic mass is 10.00. The summed E-state index contributed by atoms with van der Waals surface area (Å²) >= 11 is 0. The fourth-order valence-electron chi connectivity index (χ4n) is 3.70. The van der Waals surface area contributed by atoms with Gasteiger partial charge >= 0.3 is 0 Å². The van der Waals surface area contributed by atoms with Crippen LogP contribution in [0.2, 0.25) is 0 Å². The van der Waals surface area contributed by atoms with Gasteiger partial charge in [0.1, 0.15) is 5.75 Å². The van der Waals surface area contributed by atoms with Gasteiger partial charge in [-0.05, 0) is 60.7 Å². The van der Waals surface area contributed by atoms with E-state index in [9.17, 15) is 18.3 Å². The third-order valence-electron chi connectivity index (χ3n) is 5.43. The SMILES string of the molecule is CCOc1cc(-c2ccc(CCCNC[C@@H](O)c3ccccc3)cc2)ccc1C(=O)NS(C)(=O)=O.Cl. The van der Waals surface area contributed by atoms with Crippen molar-refractivity contribution in [2.45, 2.75) is 25.9 Å². The smallest absolute Gasteiger partial charge is 0.268 e. The van der Waals surface area contributed by atoms with Crippen molar-refractivity contribution in [1.82, 2.24) is 10.0 Å². The van der Waals surface area contributed by atoms with E-state index >= 15 is 0 Å². The summed E-state index contributed by atoms with van der Waals surface area (Å²) in [7, 11) is -3.67. The average molecular weight is 533 g/mol. The molecule has 36 heavy (non-hydrogen) atoms. The Morgan fingerprint density at radius 2 is 1.67 bits per heavy atom. The number of sulfonamides is 1. The van der Waals surface area contributed by atoms with Gasteiger partial charge in [-0.1, -0.05) is 60.7 Å². The lowest BCUT2D eigenvalue weighted by Gasteiger charge is -2.13. The second-order valence-electron chi connectivity index (χ2n) is 8.28. The minimum absolute atomic E-state index is 0. The van der Waals surface area contributed by atoms with Crippen LogP contribution in [0.15, 0.2) is 72.8 Å². The first-order chi connectivity index (χ1) is 16.8. The number of hydrogen-bond donors (Lipinski definition) is 3. The molecule has 9 heteroatoms. The van der Waals surface area contributed by atoms with Gasteiger partial charge < -0.3 is 15.2 Å². The molecule has 7 nitrogen and oxygen atoms in total. The third-order valence-corrected chi connectivity index (χ3v) is 5.99. The molecule has 0 unspecified atom stereocenters. The highest BCUT2D eigenvalue weighted by Crippen LogP contribution is 2.28. The highest BCUT2D eigenvalue weighted by atomic mass is 35.5. The molecule has 0 aliphatic heterocycles. The summed E-state index contributed by atoms with van der Waals surface area (Å²) in [6.45, 7) is 3.47. The Labute approximate surface area is 219 Å². The minimum Gasteiger partial charge on any atom is -0.493 e. The van der Waals surface area contributed by atoms with Gasteiger partial charge in [0.25, 0.3) is 5.91 Å². The zero-order valence-corrected chi connectivity index (χ0v) is 22.1. The number of amides is 1. The Balaban J connectivity index is 0.00000456. The quantitative estimate of drug-likeness (QED) is 0.303. The topological polar surface area (TPSA) is 105 Å². The summed E-state index contributed by atoms with van der Waals surface area (Å²) in [5.74, 6) is -0.387. The Kier molecular flexibility index (Phi) is 11.4. The number of aliphatic hydroxyl groups is 1. The second-order valence-corrected chi connectivity index (χ2v) is 10.0. The van der Waals surface area contributed by atoms with Gasteiger partial charge in [0, 0.05) is 6.54 Å². The Morgan fingerprint density at radius 1 is 1.00 bits per heavy atom. The number of rotatable bonds is 12. The molecular formula is C27H33ClN2O5S. The van der Waals surface area contributed by atoms with Crippen LogP contribution in [0.5, 0.6) is 5.75 Å². The van der Waals surface area contributed by atoms with E-state index in [1.54, 1.807) is 25.1 Å².